The first-order valence-corrected chi connectivity index (χ1v) is 5.41. The van der Waals surface area contributed by atoms with Crippen molar-refractivity contribution >= 4 is 10.8 Å². The molecule has 2 N–H and O–H groups in total. The topological polar surface area (TPSA) is 26.0 Å². The zero-order valence-electron chi connectivity index (χ0n) is 9.33. The Morgan fingerprint density at radius 1 is 1.20 bits per heavy atom. The van der Waals surface area contributed by atoms with Crippen molar-refractivity contribution in [2.24, 2.45) is 5.73 Å². The zero-order chi connectivity index (χ0) is 10.8. The lowest BCUT2D eigenvalue weighted by molar-refractivity contribution is 0.775. The van der Waals surface area contributed by atoms with Crippen LogP contribution >= 0.6 is 0 Å². The van der Waals surface area contributed by atoms with Gasteiger partial charge in [0.1, 0.15) is 0 Å². The molecule has 2 rings (SSSR count). The maximum absolute atomic E-state index is 5.68. The highest BCUT2D eigenvalue weighted by atomic mass is 14.5. The molecule has 0 aliphatic heterocycles. The minimum Gasteiger partial charge on any atom is -0.330 e. The number of rotatable bonds is 2. The van der Waals surface area contributed by atoms with Crippen LogP contribution in [0.3, 0.4) is 0 Å². The highest BCUT2D eigenvalue weighted by Gasteiger charge is 2.04. The fraction of sp³-hybridized carbons (Fsp3) is 0.286. The quantitative estimate of drug-likeness (QED) is 0.789. The standard InChI is InChI=1S/C14H17N/c1-10-4-3-5-13-8-12(11(2)9-15)6-7-14(10)13/h3-8,11H,9,15H2,1-2H3. The molecule has 0 saturated carbocycles. The average Bonchev–Trinajstić information content (AvgIpc) is 2.28. The van der Waals surface area contributed by atoms with E-state index in [1.54, 1.807) is 0 Å². The Kier molecular flexibility index (Phi) is 2.74. The molecular formula is C14H17N. The van der Waals surface area contributed by atoms with Crippen molar-refractivity contribution in [3.8, 4) is 0 Å². The first-order valence-electron chi connectivity index (χ1n) is 5.41. The summed E-state index contributed by atoms with van der Waals surface area (Å²) < 4.78 is 0. The fourth-order valence-corrected chi connectivity index (χ4v) is 1.91. The molecule has 1 heteroatoms. The van der Waals surface area contributed by atoms with Crippen LogP contribution in [0.2, 0.25) is 0 Å². The average molecular weight is 199 g/mol. The smallest absolute Gasteiger partial charge is 0.00109 e. The van der Waals surface area contributed by atoms with Crippen LogP contribution in [-0.2, 0) is 0 Å². The van der Waals surface area contributed by atoms with E-state index in [-0.39, 0.29) is 0 Å². The van der Waals surface area contributed by atoms with Gasteiger partial charge in [0.05, 0.1) is 0 Å². The summed E-state index contributed by atoms with van der Waals surface area (Å²) in [6.07, 6.45) is 0. The van der Waals surface area contributed by atoms with Crippen molar-refractivity contribution in [1.29, 1.82) is 0 Å². The predicted octanol–water partition coefficient (Wildman–Crippen LogP) is 3.21. The molecule has 1 atom stereocenters. The normalized spacial score (nSPS) is 13.0. The molecular weight excluding hydrogens is 182 g/mol. The summed E-state index contributed by atoms with van der Waals surface area (Å²) >= 11 is 0. The third-order valence-corrected chi connectivity index (χ3v) is 3.05. The van der Waals surface area contributed by atoms with Crippen molar-refractivity contribution in [2.45, 2.75) is 19.8 Å². The van der Waals surface area contributed by atoms with E-state index in [4.69, 9.17) is 5.73 Å². The summed E-state index contributed by atoms with van der Waals surface area (Å²) in [6, 6.07) is 13.1. The Hall–Kier alpha value is -1.34. The van der Waals surface area contributed by atoms with E-state index in [1.165, 1.54) is 21.9 Å². The van der Waals surface area contributed by atoms with Gasteiger partial charge in [-0.25, -0.2) is 0 Å². The molecule has 0 aromatic heterocycles. The number of nitrogens with two attached hydrogens (primary N) is 1. The Morgan fingerprint density at radius 3 is 2.73 bits per heavy atom. The second-order valence-electron chi connectivity index (χ2n) is 4.19. The Morgan fingerprint density at radius 2 is 2.00 bits per heavy atom. The molecule has 1 nitrogen and oxygen atoms in total. The molecule has 2 aromatic carbocycles. The van der Waals surface area contributed by atoms with Crippen molar-refractivity contribution in [1.82, 2.24) is 0 Å². The van der Waals surface area contributed by atoms with Crippen LogP contribution in [0.1, 0.15) is 24.0 Å². The summed E-state index contributed by atoms with van der Waals surface area (Å²) in [4.78, 5) is 0. The number of hydrogen-bond donors (Lipinski definition) is 1. The van der Waals surface area contributed by atoms with Gasteiger partial charge in [-0.2, -0.15) is 0 Å². The Labute approximate surface area is 90.9 Å². The third-order valence-electron chi connectivity index (χ3n) is 3.05. The van der Waals surface area contributed by atoms with Crippen LogP contribution in [-0.4, -0.2) is 6.54 Å². The van der Waals surface area contributed by atoms with Gasteiger partial charge in [-0.15, -0.1) is 0 Å². The van der Waals surface area contributed by atoms with Gasteiger partial charge in [0, 0.05) is 0 Å². The molecule has 1 unspecified atom stereocenters. The maximum atomic E-state index is 5.68. The number of fused-ring (bicyclic) bond motifs is 1. The number of hydrogen-bond acceptors (Lipinski definition) is 1. The van der Waals surface area contributed by atoms with Crippen molar-refractivity contribution in [3.63, 3.8) is 0 Å². The summed E-state index contributed by atoms with van der Waals surface area (Å²) in [5.41, 5.74) is 8.34. The van der Waals surface area contributed by atoms with Gasteiger partial charge in [-0.3, -0.25) is 0 Å². The molecule has 0 spiro atoms. The zero-order valence-corrected chi connectivity index (χ0v) is 9.33. The molecule has 2 aromatic rings. The summed E-state index contributed by atoms with van der Waals surface area (Å²) in [5, 5.41) is 2.65. The lowest BCUT2D eigenvalue weighted by Crippen LogP contribution is -2.08. The highest BCUT2D eigenvalue weighted by molar-refractivity contribution is 5.86. The molecule has 0 amide bonds. The predicted molar refractivity (Wildman–Crippen MR) is 66.2 cm³/mol. The number of benzene rings is 2. The van der Waals surface area contributed by atoms with E-state index in [1.807, 2.05) is 0 Å². The molecule has 0 bridgehead atoms. The lowest BCUT2D eigenvalue weighted by Gasteiger charge is -2.10. The van der Waals surface area contributed by atoms with E-state index in [9.17, 15) is 0 Å². The Bertz CT molecular complexity index is 474. The van der Waals surface area contributed by atoms with E-state index >= 15 is 0 Å². The van der Waals surface area contributed by atoms with Crippen molar-refractivity contribution in [2.75, 3.05) is 6.54 Å². The first-order chi connectivity index (χ1) is 7.22. The van der Waals surface area contributed by atoms with Crippen LogP contribution in [0.5, 0.6) is 0 Å². The van der Waals surface area contributed by atoms with Gasteiger partial charge < -0.3 is 5.73 Å². The van der Waals surface area contributed by atoms with Crippen LogP contribution < -0.4 is 5.73 Å². The first kappa shape index (κ1) is 10.2. The van der Waals surface area contributed by atoms with E-state index in [0.717, 1.165) is 0 Å². The SMILES string of the molecule is Cc1cccc2cc(C(C)CN)ccc12. The molecule has 0 fully saturated rings. The highest BCUT2D eigenvalue weighted by Crippen LogP contribution is 2.23. The molecule has 0 radical (unpaired) electrons. The molecule has 0 aliphatic carbocycles. The van der Waals surface area contributed by atoms with Gasteiger partial charge in [0.25, 0.3) is 0 Å². The van der Waals surface area contributed by atoms with E-state index < -0.39 is 0 Å². The molecule has 0 aliphatic rings. The van der Waals surface area contributed by atoms with Crippen LogP contribution in [0, 0.1) is 6.92 Å². The van der Waals surface area contributed by atoms with Crippen LogP contribution in [0.25, 0.3) is 10.8 Å². The van der Waals surface area contributed by atoms with Crippen LogP contribution in [0.15, 0.2) is 36.4 Å². The summed E-state index contributed by atoms with van der Waals surface area (Å²) in [7, 11) is 0. The fourth-order valence-electron chi connectivity index (χ4n) is 1.91. The molecule has 15 heavy (non-hydrogen) atoms. The van der Waals surface area contributed by atoms with Gasteiger partial charge in [0.2, 0.25) is 0 Å². The minimum atomic E-state index is 0.440. The maximum Gasteiger partial charge on any atom is -0.00109 e. The second kappa shape index (κ2) is 4.03. The third kappa shape index (κ3) is 1.88. The van der Waals surface area contributed by atoms with Gasteiger partial charge in [0.15, 0.2) is 0 Å². The van der Waals surface area contributed by atoms with Gasteiger partial charge >= 0.3 is 0 Å². The molecule has 0 heterocycles. The lowest BCUT2D eigenvalue weighted by atomic mass is 9.96. The van der Waals surface area contributed by atoms with Gasteiger partial charge in [-0.1, -0.05) is 43.3 Å². The largest absolute Gasteiger partial charge is 0.330 e. The molecule has 78 valence electrons. The van der Waals surface area contributed by atoms with E-state index in [2.05, 4.69) is 50.2 Å². The summed E-state index contributed by atoms with van der Waals surface area (Å²) in [6.45, 7) is 5.02. The second-order valence-corrected chi connectivity index (χ2v) is 4.19. The molecule has 0 saturated heterocycles. The number of aryl methyl sites for hydroxylation is 1. The van der Waals surface area contributed by atoms with Crippen molar-refractivity contribution < 1.29 is 0 Å². The van der Waals surface area contributed by atoms with Crippen LogP contribution in [0.4, 0.5) is 0 Å². The monoisotopic (exact) mass is 199 g/mol. The van der Waals surface area contributed by atoms with Crippen molar-refractivity contribution in [3.05, 3.63) is 47.5 Å². The minimum absolute atomic E-state index is 0.440. The van der Waals surface area contributed by atoms with Gasteiger partial charge in [-0.05, 0) is 41.3 Å². The Balaban J connectivity index is 2.57. The summed E-state index contributed by atoms with van der Waals surface area (Å²) in [5.74, 6) is 0.440. The van der Waals surface area contributed by atoms with E-state index in [0.29, 0.717) is 12.5 Å².